The topological polar surface area (TPSA) is 98.2 Å². The number of carboxylic acid groups (broad SMARTS) is 1. The second-order valence-corrected chi connectivity index (χ2v) is 5.47. The van der Waals surface area contributed by atoms with Crippen LogP contribution >= 0.6 is 0 Å². The number of amides is 4. The van der Waals surface area contributed by atoms with Crippen LogP contribution in [0.2, 0.25) is 0 Å². The van der Waals surface area contributed by atoms with Gasteiger partial charge < -0.3 is 14.9 Å². The van der Waals surface area contributed by atoms with Crippen LogP contribution in [0.1, 0.15) is 25.7 Å². The Morgan fingerprint density at radius 2 is 1.90 bits per heavy atom. The number of carboxylic acids is 1. The number of carbonyl (C=O) groups excluding carboxylic acids is 3. The lowest BCUT2D eigenvalue weighted by atomic mass is 10.2. The minimum atomic E-state index is -1.09. The molecule has 116 valence electrons. The van der Waals surface area contributed by atoms with Crippen LogP contribution in [0.4, 0.5) is 4.79 Å². The number of aliphatic carboxylic acids is 1. The van der Waals surface area contributed by atoms with Gasteiger partial charge in [0.2, 0.25) is 5.91 Å². The van der Waals surface area contributed by atoms with Gasteiger partial charge in [-0.05, 0) is 12.8 Å². The molecule has 2 rings (SSSR count). The Kier molecular flexibility index (Phi) is 4.44. The van der Waals surface area contributed by atoms with Crippen LogP contribution in [0.15, 0.2) is 0 Å². The Bertz CT molecular complexity index is 472. The molecule has 1 aliphatic heterocycles. The maximum atomic E-state index is 12.3. The van der Waals surface area contributed by atoms with Gasteiger partial charge in [-0.2, -0.15) is 0 Å². The largest absolute Gasteiger partial charge is 0.480 e. The van der Waals surface area contributed by atoms with Crippen molar-refractivity contribution in [3.63, 3.8) is 0 Å². The van der Waals surface area contributed by atoms with Gasteiger partial charge in [-0.1, -0.05) is 12.8 Å². The van der Waals surface area contributed by atoms with E-state index in [1.54, 1.807) is 0 Å². The fourth-order valence-electron chi connectivity index (χ4n) is 2.83. The van der Waals surface area contributed by atoms with E-state index in [1.807, 2.05) is 0 Å². The summed E-state index contributed by atoms with van der Waals surface area (Å²) < 4.78 is 0. The van der Waals surface area contributed by atoms with Crippen LogP contribution in [-0.2, 0) is 14.4 Å². The molecule has 0 unspecified atom stereocenters. The number of imide groups is 1. The molecule has 1 N–H and O–H groups in total. The maximum absolute atomic E-state index is 12.3. The normalized spacial score (nSPS) is 19.5. The maximum Gasteiger partial charge on any atom is 0.327 e. The zero-order chi connectivity index (χ0) is 15.6. The van der Waals surface area contributed by atoms with Gasteiger partial charge >= 0.3 is 12.0 Å². The first-order chi connectivity index (χ1) is 9.90. The first-order valence-corrected chi connectivity index (χ1v) is 6.97. The summed E-state index contributed by atoms with van der Waals surface area (Å²) in [6.45, 7) is -0.824. The zero-order valence-corrected chi connectivity index (χ0v) is 11.9. The summed E-state index contributed by atoms with van der Waals surface area (Å²) in [4.78, 5) is 50.1. The fraction of sp³-hybridized carbons (Fsp3) is 0.692. The van der Waals surface area contributed by atoms with Crippen molar-refractivity contribution in [3.05, 3.63) is 0 Å². The van der Waals surface area contributed by atoms with Crippen molar-refractivity contribution in [2.24, 2.45) is 0 Å². The van der Waals surface area contributed by atoms with E-state index >= 15 is 0 Å². The molecule has 21 heavy (non-hydrogen) atoms. The lowest BCUT2D eigenvalue weighted by Gasteiger charge is -2.28. The molecule has 0 radical (unpaired) electrons. The number of hydrogen-bond acceptors (Lipinski definition) is 4. The van der Waals surface area contributed by atoms with Gasteiger partial charge in [0.1, 0.15) is 19.6 Å². The first-order valence-electron chi connectivity index (χ1n) is 6.97. The molecule has 0 aromatic rings. The first kappa shape index (κ1) is 15.3. The average molecular weight is 297 g/mol. The second-order valence-electron chi connectivity index (χ2n) is 5.47. The lowest BCUT2D eigenvalue weighted by molar-refractivity contribution is -0.147. The van der Waals surface area contributed by atoms with E-state index in [4.69, 9.17) is 5.11 Å². The number of nitrogens with zero attached hydrogens (tertiary/aromatic N) is 3. The van der Waals surface area contributed by atoms with Crippen molar-refractivity contribution in [1.29, 1.82) is 0 Å². The van der Waals surface area contributed by atoms with Crippen molar-refractivity contribution in [3.8, 4) is 0 Å². The predicted molar refractivity (Wildman–Crippen MR) is 71.3 cm³/mol. The van der Waals surface area contributed by atoms with Gasteiger partial charge in [0, 0.05) is 13.1 Å². The van der Waals surface area contributed by atoms with Gasteiger partial charge in [0.05, 0.1) is 0 Å². The predicted octanol–water partition coefficient (Wildman–Crippen LogP) is -0.264. The summed E-state index contributed by atoms with van der Waals surface area (Å²) in [5.74, 6) is -2.01. The molecule has 2 aliphatic rings. The Balaban J connectivity index is 2.05. The molecular weight excluding hydrogens is 278 g/mol. The van der Waals surface area contributed by atoms with E-state index in [0.717, 1.165) is 30.6 Å². The van der Waals surface area contributed by atoms with Crippen molar-refractivity contribution >= 4 is 23.8 Å². The van der Waals surface area contributed by atoms with E-state index in [9.17, 15) is 19.2 Å². The van der Waals surface area contributed by atoms with Gasteiger partial charge in [-0.15, -0.1) is 0 Å². The number of rotatable bonds is 5. The highest BCUT2D eigenvalue weighted by Crippen LogP contribution is 2.24. The Morgan fingerprint density at radius 1 is 1.29 bits per heavy atom. The lowest BCUT2D eigenvalue weighted by Crippen LogP contribution is -2.48. The van der Waals surface area contributed by atoms with Crippen LogP contribution < -0.4 is 0 Å². The highest BCUT2D eigenvalue weighted by atomic mass is 16.4. The van der Waals surface area contributed by atoms with Gasteiger partial charge in [-0.3, -0.25) is 19.3 Å². The quantitative estimate of drug-likeness (QED) is 0.705. The van der Waals surface area contributed by atoms with Crippen LogP contribution in [-0.4, -0.2) is 76.3 Å². The molecule has 0 spiro atoms. The minimum absolute atomic E-state index is 0.0472. The summed E-state index contributed by atoms with van der Waals surface area (Å²) in [6.07, 6.45) is 3.44. The summed E-state index contributed by atoms with van der Waals surface area (Å²) in [5, 5.41) is 8.95. The molecule has 8 heteroatoms. The van der Waals surface area contributed by atoms with Gasteiger partial charge in [0.15, 0.2) is 0 Å². The van der Waals surface area contributed by atoms with E-state index < -0.39 is 30.4 Å². The summed E-state index contributed by atoms with van der Waals surface area (Å²) in [6, 6.07) is -0.630. The third kappa shape index (κ3) is 3.32. The highest BCUT2D eigenvalue weighted by Gasteiger charge is 2.37. The van der Waals surface area contributed by atoms with E-state index in [1.165, 1.54) is 16.8 Å². The van der Waals surface area contributed by atoms with Crippen LogP contribution in [0.3, 0.4) is 0 Å². The monoisotopic (exact) mass is 297 g/mol. The molecule has 0 bridgehead atoms. The number of carbonyl (C=O) groups is 4. The molecule has 1 saturated carbocycles. The molecular formula is C13H19N3O5. The molecule has 1 aliphatic carbocycles. The fourth-order valence-corrected chi connectivity index (χ4v) is 2.83. The van der Waals surface area contributed by atoms with Crippen molar-refractivity contribution in [2.75, 3.05) is 26.7 Å². The molecule has 8 nitrogen and oxygen atoms in total. The summed E-state index contributed by atoms with van der Waals surface area (Å²) >= 11 is 0. The zero-order valence-electron chi connectivity index (χ0n) is 11.9. The van der Waals surface area contributed by atoms with E-state index in [-0.39, 0.29) is 19.1 Å². The summed E-state index contributed by atoms with van der Waals surface area (Å²) in [7, 11) is 1.48. The Morgan fingerprint density at radius 3 is 2.38 bits per heavy atom. The van der Waals surface area contributed by atoms with E-state index in [0.29, 0.717) is 0 Å². The SMILES string of the molecule is CN1CC(=O)N(CC(=O)N(CC(=O)O)C2CCCC2)C1=O. The average Bonchev–Trinajstić information content (AvgIpc) is 3.00. The van der Waals surface area contributed by atoms with E-state index in [2.05, 4.69) is 0 Å². The van der Waals surface area contributed by atoms with Crippen LogP contribution in [0, 0.1) is 0 Å². The van der Waals surface area contributed by atoms with Crippen molar-refractivity contribution in [2.45, 2.75) is 31.7 Å². The van der Waals surface area contributed by atoms with Crippen LogP contribution in [0.25, 0.3) is 0 Å². The number of hydrogen-bond donors (Lipinski definition) is 1. The van der Waals surface area contributed by atoms with Gasteiger partial charge in [-0.25, -0.2) is 4.79 Å². The molecule has 4 amide bonds. The molecule has 0 aromatic carbocycles. The smallest absolute Gasteiger partial charge is 0.327 e. The molecule has 1 heterocycles. The molecule has 2 fully saturated rings. The Hall–Kier alpha value is -2.12. The third-order valence-electron chi connectivity index (χ3n) is 3.92. The van der Waals surface area contributed by atoms with Crippen LogP contribution in [0.5, 0.6) is 0 Å². The van der Waals surface area contributed by atoms with Gasteiger partial charge in [0.25, 0.3) is 5.91 Å². The summed E-state index contributed by atoms with van der Waals surface area (Å²) in [5.41, 5.74) is 0. The molecule has 0 atom stereocenters. The standard InChI is InChI=1S/C13H19N3O5/c1-14-6-10(17)16(13(14)21)7-11(18)15(8-12(19)20)9-4-2-3-5-9/h9H,2-8H2,1H3,(H,19,20). The Labute approximate surface area is 122 Å². The molecule has 0 aromatic heterocycles. The third-order valence-corrected chi connectivity index (χ3v) is 3.92. The minimum Gasteiger partial charge on any atom is -0.480 e. The van der Waals surface area contributed by atoms with Crippen molar-refractivity contribution in [1.82, 2.24) is 14.7 Å². The highest BCUT2D eigenvalue weighted by molar-refractivity contribution is 6.04. The second kappa shape index (κ2) is 6.11. The number of urea groups is 1. The molecule has 1 saturated heterocycles. The number of likely N-dealkylation sites (N-methyl/N-ethyl adjacent to an activating group) is 1. The van der Waals surface area contributed by atoms with Crippen molar-refractivity contribution < 1.29 is 24.3 Å².